The highest BCUT2D eigenvalue weighted by Crippen LogP contribution is 2.30. The number of carbonyl (C=O) groups excluding carboxylic acids is 1. The molecule has 16 heavy (non-hydrogen) atoms. The van der Waals surface area contributed by atoms with E-state index in [9.17, 15) is 9.59 Å². The largest absolute Gasteiger partial charge is 0.481 e. The van der Waals surface area contributed by atoms with E-state index in [-0.39, 0.29) is 24.3 Å². The Hall–Kier alpha value is -1.10. The molecule has 0 aliphatic heterocycles. The Balaban J connectivity index is 2.37. The molecule has 0 aromatic rings. The number of hydrogen-bond donors (Lipinski definition) is 3. The van der Waals surface area contributed by atoms with Crippen molar-refractivity contribution in [2.75, 3.05) is 13.1 Å². The molecule has 0 spiro atoms. The highest BCUT2D eigenvalue weighted by Gasteiger charge is 2.31. The van der Waals surface area contributed by atoms with Crippen LogP contribution in [0.5, 0.6) is 0 Å². The van der Waals surface area contributed by atoms with Crippen LogP contribution < -0.4 is 11.1 Å². The van der Waals surface area contributed by atoms with Gasteiger partial charge in [-0.25, -0.2) is 0 Å². The van der Waals surface area contributed by atoms with E-state index in [1.54, 1.807) is 6.92 Å². The van der Waals surface area contributed by atoms with E-state index in [4.69, 9.17) is 10.8 Å². The maximum atomic E-state index is 11.8. The minimum absolute atomic E-state index is 0.0222. The summed E-state index contributed by atoms with van der Waals surface area (Å²) in [7, 11) is 0. The molecule has 3 atom stereocenters. The van der Waals surface area contributed by atoms with Crippen LogP contribution in [0.1, 0.15) is 26.2 Å². The molecule has 0 saturated heterocycles. The van der Waals surface area contributed by atoms with Crippen molar-refractivity contribution in [1.29, 1.82) is 0 Å². The lowest BCUT2D eigenvalue weighted by Crippen LogP contribution is -2.38. The maximum Gasteiger partial charge on any atom is 0.308 e. The molecule has 1 fully saturated rings. The van der Waals surface area contributed by atoms with Gasteiger partial charge in [-0.2, -0.15) is 0 Å². The van der Waals surface area contributed by atoms with Crippen molar-refractivity contribution in [3.05, 3.63) is 0 Å². The van der Waals surface area contributed by atoms with Gasteiger partial charge in [0.1, 0.15) is 0 Å². The normalized spacial score (nSPS) is 26.4. The second kappa shape index (κ2) is 5.84. The Morgan fingerprint density at radius 1 is 1.50 bits per heavy atom. The van der Waals surface area contributed by atoms with Crippen molar-refractivity contribution in [3.8, 4) is 0 Å². The summed E-state index contributed by atoms with van der Waals surface area (Å²) < 4.78 is 0. The van der Waals surface area contributed by atoms with Gasteiger partial charge in [0.15, 0.2) is 0 Å². The standard InChI is InChI=1S/C11H20N2O3/c1-7(11(15)16)6-13-10(14)9-4-2-3-8(9)5-12/h7-9H,2-6,12H2,1H3,(H,13,14)(H,15,16). The first kappa shape index (κ1) is 13.0. The molecule has 0 aromatic carbocycles. The van der Waals surface area contributed by atoms with Crippen LogP contribution in [0.3, 0.4) is 0 Å². The molecule has 0 heterocycles. The molecular formula is C11H20N2O3. The Labute approximate surface area is 95.4 Å². The zero-order valence-corrected chi connectivity index (χ0v) is 9.61. The van der Waals surface area contributed by atoms with Crippen molar-refractivity contribution in [2.45, 2.75) is 26.2 Å². The number of hydrogen-bond acceptors (Lipinski definition) is 3. The molecule has 5 heteroatoms. The van der Waals surface area contributed by atoms with E-state index < -0.39 is 11.9 Å². The summed E-state index contributed by atoms with van der Waals surface area (Å²) >= 11 is 0. The molecule has 4 N–H and O–H groups in total. The molecular weight excluding hydrogens is 208 g/mol. The maximum absolute atomic E-state index is 11.8. The number of aliphatic carboxylic acids is 1. The number of nitrogens with two attached hydrogens (primary N) is 1. The minimum atomic E-state index is -0.887. The lowest BCUT2D eigenvalue weighted by atomic mass is 9.95. The fourth-order valence-electron chi connectivity index (χ4n) is 2.14. The van der Waals surface area contributed by atoms with E-state index in [2.05, 4.69) is 5.32 Å². The van der Waals surface area contributed by atoms with E-state index in [1.165, 1.54) is 0 Å². The molecule has 0 aromatic heterocycles. The molecule has 1 amide bonds. The number of carbonyl (C=O) groups is 2. The molecule has 1 saturated carbocycles. The van der Waals surface area contributed by atoms with Gasteiger partial charge in [0.25, 0.3) is 0 Å². The first-order valence-electron chi connectivity index (χ1n) is 5.76. The van der Waals surface area contributed by atoms with Crippen LogP contribution in [0.4, 0.5) is 0 Å². The van der Waals surface area contributed by atoms with Gasteiger partial charge < -0.3 is 16.2 Å². The van der Waals surface area contributed by atoms with Crippen LogP contribution in [0.15, 0.2) is 0 Å². The Kier molecular flexibility index (Phi) is 4.73. The molecule has 1 aliphatic rings. The zero-order chi connectivity index (χ0) is 12.1. The fourth-order valence-corrected chi connectivity index (χ4v) is 2.14. The molecule has 0 bridgehead atoms. The van der Waals surface area contributed by atoms with Crippen molar-refractivity contribution >= 4 is 11.9 Å². The van der Waals surface area contributed by atoms with Crippen LogP contribution in [-0.2, 0) is 9.59 Å². The Bertz CT molecular complexity index is 268. The lowest BCUT2D eigenvalue weighted by Gasteiger charge is -2.18. The third-order valence-electron chi connectivity index (χ3n) is 3.30. The first-order chi connectivity index (χ1) is 7.56. The summed E-state index contributed by atoms with van der Waals surface area (Å²) in [6, 6.07) is 0. The van der Waals surface area contributed by atoms with Gasteiger partial charge >= 0.3 is 5.97 Å². The monoisotopic (exact) mass is 228 g/mol. The summed E-state index contributed by atoms with van der Waals surface area (Å²) in [5.74, 6) is -1.23. The van der Waals surface area contributed by atoms with Gasteiger partial charge in [-0.3, -0.25) is 9.59 Å². The summed E-state index contributed by atoms with van der Waals surface area (Å²) in [5.41, 5.74) is 5.59. The smallest absolute Gasteiger partial charge is 0.308 e. The van der Waals surface area contributed by atoms with E-state index in [0.29, 0.717) is 6.54 Å². The average molecular weight is 228 g/mol. The van der Waals surface area contributed by atoms with Crippen molar-refractivity contribution in [3.63, 3.8) is 0 Å². The summed E-state index contributed by atoms with van der Waals surface area (Å²) in [5, 5.41) is 11.4. The second-order valence-electron chi connectivity index (χ2n) is 4.52. The summed E-state index contributed by atoms with van der Waals surface area (Å²) in [4.78, 5) is 22.4. The number of rotatable bonds is 5. The van der Waals surface area contributed by atoms with E-state index in [1.807, 2.05) is 0 Å². The van der Waals surface area contributed by atoms with Crippen LogP contribution in [-0.4, -0.2) is 30.1 Å². The first-order valence-corrected chi connectivity index (χ1v) is 5.76. The quantitative estimate of drug-likeness (QED) is 0.626. The van der Waals surface area contributed by atoms with Gasteiger partial charge in [-0.15, -0.1) is 0 Å². The second-order valence-corrected chi connectivity index (χ2v) is 4.52. The topological polar surface area (TPSA) is 92.4 Å². The third kappa shape index (κ3) is 3.20. The molecule has 1 aliphatic carbocycles. The van der Waals surface area contributed by atoms with Crippen molar-refractivity contribution in [1.82, 2.24) is 5.32 Å². The van der Waals surface area contributed by atoms with Crippen LogP contribution >= 0.6 is 0 Å². The SMILES string of the molecule is CC(CNC(=O)C1CCCC1CN)C(=O)O. The summed E-state index contributed by atoms with van der Waals surface area (Å²) in [6.45, 7) is 2.31. The van der Waals surface area contributed by atoms with Gasteiger partial charge in [-0.05, 0) is 25.3 Å². The third-order valence-corrected chi connectivity index (χ3v) is 3.30. The van der Waals surface area contributed by atoms with E-state index in [0.717, 1.165) is 19.3 Å². The fraction of sp³-hybridized carbons (Fsp3) is 0.818. The highest BCUT2D eigenvalue weighted by atomic mass is 16.4. The van der Waals surface area contributed by atoms with Gasteiger partial charge in [-0.1, -0.05) is 13.3 Å². The minimum Gasteiger partial charge on any atom is -0.481 e. The molecule has 5 nitrogen and oxygen atoms in total. The van der Waals surface area contributed by atoms with Gasteiger partial charge in [0.05, 0.1) is 5.92 Å². The molecule has 1 rings (SSSR count). The van der Waals surface area contributed by atoms with Crippen molar-refractivity contribution < 1.29 is 14.7 Å². The average Bonchev–Trinajstić information content (AvgIpc) is 2.73. The zero-order valence-electron chi connectivity index (χ0n) is 9.61. The van der Waals surface area contributed by atoms with Crippen LogP contribution in [0.2, 0.25) is 0 Å². The van der Waals surface area contributed by atoms with Gasteiger partial charge in [0, 0.05) is 12.5 Å². The number of carboxylic acid groups (broad SMARTS) is 1. The number of nitrogens with one attached hydrogen (secondary N) is 1. The van der Waals surface area contributed by atoms with Crippen LogP contribution in [0, 0.1) is 17.8 Å². The van der Waals surface area contributed by atoms with Crippen LogP contribution in [0.25, 0.3) is 0 Å². The number of carboxylic acids is 1. The lowest BCUT2D eigenvalue weighted by molar-refractivity contribution is -0.141. The highest BCUT2D eigenvalue weighted by molar-refractivity contribution is 5.80. The molecule has 3 unspecified atom stereocenters. The van der Waals surface area contributed by atoms with Crippen molar-refractivity contribution in [2.24, 2.45) is 23.5 Å². The predicted molar refractivity (Wildman–Crippen MR) is 59.7 cm³/mol. The van der Waals surface area contributed by atoms with E-state index >= 15 is 0 Å². The number of amides is 1. The Morgan fingerprint density at radius 2 is 2.19 bits per heavy atom. The Morgan fingerprint density at radius 3 is 2.75 bits per heavy atom. The van der Waals surface area contributed by atoms with Gasteiger partial charge in [0.2, 0.25) is 5.91 Å². The summed E-state index contributed by atoms with van der Waals surface area (Å²) in [6.07, 6.45) is 2.91. The molecule has 92 valence electrons. The predicted octanol–water partition coefficient (Wildman–Crippen LogP) is 0.198. The molecule has 0 radical (unpaired) electrons.